The van der Waals surface area contributed by atoms with Crippen molar-refractivity contribution in [2.45, 2.75) is 63.9 Å². The van der Waals surface area contributed by atoms with Crippen LogP contribution in [0, 0.1) is 0 Å². The number of rotatable bonds is 15. The third-order valence-electron chi connectivity index (χ3n) is 4.12. The van der Waals surface area contributed by atoms with E-state index in [1.54, 1.807) is 31.2 Å². The Morgan fingerprint density at radius 3 is 2.33 bits per heavy atom. The highest BCUT2D eigenvalue weighted by Crippen LogP contribution is 2.20. The molecule has 0 spiro atoms. The Kier molecular flexibility index (Phi) is 13.7. The number of halogens is 2. The topological polar surface area (TPSA) is 61.8 Å². The fraction of sp³-hybridized carbons (Fsp3) is 0.478. The summed E-state index contributed by atoms with van der Waals surface area (Å²) in [6, 6.07) is 6.43. The first-order valence-corrected chi connectivity index (χ1v) is 11.0. The largest absolute Gasteiger partial charge is 0.463 e. The van der Waals surface area contributed by atoms with Crippen LogP contribution >= 0.6 is 23.2 Å². The maximum atomic E-state index is 12.3. The van der Waals surface area contributed by atoms with Crippen molar-refractivity contribution in [1.82, 2.24) is 0 Å². The summed E-state index contributed by atoms with van der Waals surface area (Å²) in [5.74, 6) is -0.764. The molecule has 0 fully saturated rings. The van der Waals surface area contributed by atoms with E-state index in [2.05, 4.69) is 6.58 Å². The molecule has 30 heavy (non-hydrogen) atoms. The Balaban J connectivity index is 2.53. The van der Waals surface area contributed by atoms with Crippen molar-refractivity contribution in [1.29, 1.82) is 0 Å². The first-order valence-electron chi connectivity index (χ1n) is 10.2. The summed E-state index contributed by atoms with van der Waals surface area (Å²) in [4.78, 5) is 24.1. The monoisotopic (exact) mass is 456 g/mol. The molecule has 1 atom stereocenters. The van der Waals surface area contributed by atoms with E-state index in [-0.39, 0.29) is 12.4 Å². The van der Waals surface area contributed by atoms with Gasteiger partial charge in [0.25, 0.3) is 5.56 Å². The van der Waals surface area contributed by atoms with E-state index < -0.39 is 17.5 Å². The molecule has 0 bridgehead atoms. The molecule has 1 unspecified atom stereocenters. The second kappa shape index (κ2) is 15.8. The fourth-order valence-corrected chi connectivity index (χ4v) is 2.89. The van der Waals surface area contributed by atoms with Crippen LogP contribution in [0.2, 0.25) is 5.02 Å². The molecule has 166 valence electrons. The normalized spacial score (nSPS) is 12.2. The molecule has 5 nitrogen and oxygen atoms in total. The second-order valence-electron chi connectivity index (χ2n) is 6.62. The second-order valence-corrected chi connectivity index (χ2v) is 7.45. The van der Waals surface area contributed by atoms with Crippen LogP contribution in [-0.4, -0.2) is 24.1 Å². The van der Waals surface area contributed by atoms with Gasteiger partial charge in [0.2, 0.25) is 0 Å². The number of carbonyl (C=O) groups excluding carboxylic acids is 2. The van der Waals surface area contributed by atoms with Gasteiger partial charge in [-0.3, -0.25) is 0 Å². The Hall–Kier alpha value is -1.98. The van der Waals surface area contributed by atoms with E-state index in [9.17, 15) is 9.59 Å². The third-order valence-corrected chi connectivity index (χ3v) is 4.64. The lowest BCUT2D eigenvalue weighted by molar-refractivity contribution is -0.144. The minimum absolute atomic E-state index is 0.218. The zero-order valence-corrected chi connectivity index (χ0v) is 18.9. The molecule has 0 aliphatic rings. The first kappa shape index (κ1) is 26.1. The molecule has 0 aliphatic heterocycles. The molecule has 0 saturated carbocycles. The van der Waals surface area contributed by atoms with Crippen molar-refractivity contribution in [2.75, 3.05) is 6.61 Å². The molecular formula is C23H30Cl2O5. The number of carbonyl (C=O) groups is 2. The number of ether oxygens (including phenoxy) is 3. The lowest BCUT2D eigenvalue weighted by atomic mass is 10.1. The molecule has 1 aromatic carbocycles. The van der Waals surface area contributed by atoms with Crippen molar-refractivity contribution in [3.8, 4) is 5.75 Å². The van der Waals surface area contributed by atoms with Gasteiger partial charge in [-0.25, -0.2) is 9.59 Å². The predicted molar refractivity (Wildman–Crippen MR) is 120 cm³/mol. The first-order chi connectivity index (χ1) is 14.5. The average Bonchev–Trinajstić information content (AvgIpc) is 2.71. The number of alkyl halides is 1. The molecule has 0 N–H and O–H groups in total. The molecule has 0 heterocycles. The molecule has 1 aromatic rings. The predicted octanol–water partition coefficient (Wildman–Crippen LogP) is 6.58. The molecule has 0 amide bonds. The molecule has 1 rings (SSSR count). The highest BCUT2D eigenvalue weighted by Gasteiger charge is 2.21. The van der Waals surface area contributed by atoms with Crippen LogP contribution in [0.5, 0.6) is 5.75 Å². The van der Waals surface area contributed by atoms with Crippen LogP contribution < -0.4 is 4.74 Å². The van der Waals surface area contributed by atoms with Gasteiger partial charge >= 0.3 is 11.9 Å². The van der Waals surface area contributed by atoms with E-state index in [1.807, 2.05) is 6.08 Å². The molecular weight excluding hydrogens is 427 g/mol. The molecule has 0 aliphatic carbocycles. The van der Waals surface area contributed by atoms with Crippen LogP contribution in [0.4, 0.5) is 0 Å². The molecule has 0 radical (unpaired) electrons. The smallest absolute Gasteiger partial charge is 0.368 e. The van der Waals surface area contributed by atoms with Crippen LogP contribution in [0.3, 0.4) is 0 Å². The van der Waals surface area contributed by atoms with Crippen molar-refractivity contribution in [3.63, 3.8) is 0 Å². The van der Waals surface area contributed by atoms with Crippen molar-refractivity contribution in [2.24, 2.45) is 0 Å². The van der Waals surface area contributed by atoms with Crippen molar-refractivity contribution < 1.29 is 23.8 Å². The fourth-order valence-electron chi connectivity index (χ4n) is 2.62. The van der Waals surface area contributed by atoms with E-state index >= 15 is 0 Å². The van der Waals surface area contributed by atoms with E-state index in [0.717, 1.165) is 38.5 Å². The number of hydrogen-bond donors (Lipinski definition) is 0. The van der Waals surface area contributed by atoms with Gasteiger partial charge in [0.1, 0.15) is 11.5 Å². The highest BCUT2D eigenvalue weighted by molar-refractivity contribution is 6.30. The van der Waals surface area contributed by atoms with Gasteiger partial charge in [-0.1, -0.05) is 55.0 Å². The maximum Gasteiger partial charge on any atom is 0.368 e. The summed E-state index contributed by atoms with van der Waals surface area (Å²) in [5, 5.41) is 0.538. The minimum atomic E-state index is -1.36. The Morgan fingerprint density at radius 1 is 1.07 bits per heavy atom. The Morgan fingerprint density at radius 2 is 1.70 bits per heavy atom. The lowest BCUT2D eigenvalue weighted by Crippen LogP contribution is -2.24. The summed E-state index contributed by atoms with van der Waals surface area (Å²) in [7, 11) is 0. The summed E-state index contributed by atoms with van der Waals surface area (Å²) < 4.78 is 15.6. The van der Waals surface area contributed by atoms with Crippen LogP contribution in [-0.2, 0) is 19.1 Å². The van der Waals surface area contributed by atoms with Crippen LogP contribution in [0.25, 0.3) is 0 Å². The number of allylic oxidation sites excluding steroid dienone is 2. The van der Waals surface area contributed by atoms with Gasteiger partial charge in [-0.05, 0) is 50.5 Å². The van der Waals surface area contributed by atoms with Gasteiger partial charge in [-0.15, -0.1) is 6.58 Å². The number of unbranched alkanes of at least 4 members (excludes halogenated alkanes) is 6. The van der Waals surface area contributed by atoms with Gasteiger partial charge in [0.05, 0.1) is 12.7 Å². The van der Waals surface area contributed by atoms with Crippen LogP contribution in [0.15, 0.2) is 48.8 Å². The van der Waals surface area contributed by atoms with Crippen molar-refractivity contribution in [3.05, 3.63) is 53.8 Å². The summed E-state index contributed by atoms with van der Waals surface area (Å²) in [5.41, 5.74) is -1.36. The van der Waals surface area contributed by atoms with Crippen molar-refractivity contribution >= 4 is 35.1 Å². The van der Waals surface area contributed by atoms with Gasteiger partial charge in [0.15, 0.2) is 0 Å². The Bertz CT molecular complexity index is 685. The highest BCUT2D eigenvalue weighted by atomic mass is 35.5. The van der Waals surface area contributed by atoms with Gasteiger partial charge < -0.3 is 14.2 Å². The summed E-state index contributed by atoms with van der Waals surface area (Å²) in [6.07, 6.45) is 10.9. The zero-order valence-electron chi connectivity index (χ0n) is 17.4. The standard InChI is InChI=1S/C23H30Cl2O5/c1-3-5-6-7-8-9-10-11-12-20(17-21(26)28-4-2)30-23(27)22(25)29-19-15-13-18(24)14-16-19/h3,13-17,22H,1,4-12H2,2H3. The van der Waals surface area contributed by atoms with E-state index in [4.69, 9.17) is 37.4 Å². The zero-order chi connectivity index (χ0) is 22.2. The minimum Gasteiger partial charge on any atom is -0.463 e. The molecule has 7 heteroatoms. The SMILES string of the molecule is C=CCCCCCCCCC(=CC(=O)OCC)OC(=O)C(Cl)Oc1ccc(Cl)cc1. The van der Waals surface area contributed by atoms with E-state index in [0.29, 0.717) is 17.2 Å². The number of hydrogen-bond acceptors (Lipinski definition) is 5. The molecule has 0 saturated heterocycles. The maximum absolute atomic E-state index is 12.3. The summed E-state index contributed by atoms with van der Waals surface area (Å²) in [6.45, 7) is 5.66. The van der Waals surface area contributed by atoms with Gasteiger partial charge in [-0.2, -0.15) is 0 Å². The lowest BCUT2D eigenvalue weighted by Gasteiger charge is -2.14. The van der Waals surface area contributed by atoms with E-state index in [1.165, 1.54) is 12.5 Å². The molecule has 0 aromatic heterocycles. The quantitative estimate of drug-likeness (QED) is 0.0744. The average molecular weight is 457 g/mol. The number of esters is 2. The summed E-state index contributed by atoms with van der Waals surface area (Å²) >= 11 is 11.8. The van der Waals surface area contributed by atoms with Crippen LogP contribution in [0.1, 0.15) is 58.3 Å². The number of benzene rings is 1. The van der Waals surface area contributed by atoms with Gasteiger partial charge in [0, 0.05) is 11.4 Å². The third kappa shape index (κ3) is 11.9. The Labute approximate surface area is 189 Å².